The SMILES string of the molecule is CC(C)(C)CC(=O)c1cccc(CN2CCN(C(=O)c3ccc(NC(=O)NC4CCC4)cc3)CC2)c1.Cl. The van der Waals surface area contributed by atoms with Gasteiger partial charge in [-0.15, -0.1) is 12.4 Å². The zero-order valence-electron chi connectivity index (χ0n) is 22.1. The van der Waals surface area contributed by atoms with Crippen LogP contribution in [0.1, 0.15) is 72.7 Å². The van der Waals surface area contributed by atoms with E-state index in [1.165, 1.54) is 6.42 Å². The molecule has 200 valence electrons. The first-order chi connectivity index (χ1) is 17.2. The van der Waals surface area contributed by atoms with Crippen LogP contribution in [-0.4, -0.2) is 59.7 Å². The minimum atomic E-state index is -0.195. The lowest BCUT2D eigenvalue weighted by atomic mass is 9.87. The Morgan fingerprint density at radius 1 is 0.919 bits per heavy atom. The van der Waals surface area contributed by atoms with Crippen LogP contribution in [0.5, 0.6) is 0 Å². The molecule has 2 N–H and O–H groups in total. The van der Waals surface area contributed by atoms with Crippen LogP contribution < -0.4 is 10.6 Å². The van der Waals surface area contributed by atoms with Gasteiger partial charge < -0.3 is 15.5 Å². The molecule has 2 fully saturated rings. The predicted octanol–water partition coefficient (Wildman–Crippen LogP) is 5.36. The molecule has 0 aromatic heterocycles. The molecule has 0 bridgehead atoms. The standard InChI is InChI=1S/C29H38N4O3.ClH/c1-29(2,3)19-26(34)23-7-4-6-21(18-23)20-32-14-16-33(17-15-32)27(35)22-10-12-25(13-11-22)31-28(36)30-24-8-5-9-24;/h4,6-7,10-13,18,24H,5,8-9,14-17,19-20H2,1-3H3,(H2,30,31,36);1H. The first-order valence-electron chi connectivity index (χ1n) is 13.0. The third kappa shape index (κ3) is 8.30. The number of urea groups is 1. The summed E-state index contributed by atoms with van der Waals surface area (Å²) in [5.74, 6) is 0.190. The van der Waals surface area contributed by atoms with Crippen molar-refractivity contribution < 1.29 is 14.4 Å². The fourth-order valence-corrected chi connectivity index (χ4v) is 4.58. The van der Waals surface area contributed by atoms with E-state index in [0.29, 0.717) is 30.8 Å². The highest BCUT2D eigenvalue weighted by Crippen LogP contribution is 2.22. The van der Waals surface area contributed by atoms with Crippen molar-refractivity contribution in [2.75, 3.05) is 31.5 Å². The van der Waals surface area contributed by atoms with E-state index in [1.807, 2.05) is 23.1 Å². The molecule has 0 spiro atoms. The molecule has 7 nitrogen and oxygen atoms in total. The number of hydrogen-bond acceptors (Lipinski definition) is 4. The highest BCUT2D eigenvalue weighted by atomic mass is 35.5. The molecule has 2 aromatic carbocycles. The Balaban J connectivity index is 0.00000380. The maximum Gasteiger partial charge on any atom is 0.319 e. The van der Waals surface area contributed by atoms with Crippen molar-refractivity contribution in [1.29, 1.82) is 0 Å². The second kappa shape index (κ2) is 12.6. The summed E-state index contributed by atoms with van der Waals surface area (Å²) in [5.41, 5.74) is 3.17. The summed E-state index contributed by atoms with van der Waals surface area (Å²) in [6, 6.07) is 15.1. The average molecular weight is 527 g/mol. The van der Waals surface area contributed by atoms with Gasteiger partial charge in [-0.05, 0) is 60.6 Å². The summed E-state index contributed by atoms with van der Waals surface area (Å²) in [5, 5.41) is 5.78. The van der Waals surface area contributed by atoms with E-state index in [2.05, 4.69) is 42.4 Å². The largest absolute Gasteiger partial charge is 0.336 e. The number of amides is 3. The van der Waals surface area contributed by atoms with Gasteiger partial charge in [0.1, 0.15) is 0 Å². The number of hydrogen-bond donors (Lipinski definition) is 2. The second-order valence-corrected chi connectivity index (χ2v) is 11.2. The Labute approximate surface area is 226 Å². The van der Waals surface area contributed by atoms with Crippen LogP contribution in [-0.2, 0) is 6.54 Å². The molecule has 2 aliphatic rings. The van der Waals surface area contributed by atoms with Crippen molar-refractivity contribution >= 4 is 35.8 Å². The topological polar surface area (TPSA) is 81.8 Å². The molecule has 0 unspecified atom stereocenters. The van der Waals surface area contributed by atoms with E-state index in [4.69, 9.17) is 0 Å². The molecule has 8 heteroatoms. The van der Waals surface area contributed by atoms with Gasteiger partial charge in [-0.2, -0.15) is 0 Å². The molecule has 1 aliphatic heterocycles. The molecule has 1 heterocycles. The third-order valence-electron chi connectivity index (χ3n) is 6.84. The van der Waals surface area contributed by atoms with Crippen LogP contribution in [0.25, 0.3) is 0 Å². The van der Waals surface area contributed by atoms with Gasteiger partial charge in [0.15, 0.2) is 5.78 Å². The molecular weight excluding hydrogens is 488 g/mol. The van der Waals surface area contributed by atoms with E-state index in [1.54, 1.807) is 24.3 Å². The smallest absolute Gasteiger partial charge is 0.319 e. The Kier molecular flexibility index (Phi) is 9.74. The van der Waals surface area contributed by atoms with Crippen LogP contribution in [0.4, 0.5) is 10.5 Å². The maximum atomic E-state index is 13.0. The molecule has 3 amide bonds. The molecule has 2 aromatic rings. The van der Waals surface area contributed by atoms with Gasteiger partial charge in [0.05, 0.1) is 0 Å². The number of rotatable bonds is 7. The summed E-state index contributed by atoms with van der Waals surface area (Å²) in [4.78, 5) is 41.8. The molecule has 37 heavy (non-hydrogen) atoms. The van der Waals surface area contributed by atoms with Crippen LogP contribution in [0.3, 0.4) is 0 Å². The molecule has 4 rings (SSSR count). The summed E-state index contributed by atoms with van der Waals surface area (Å²) >= 11 is 0. The summed E-state index contributed by atoms with van der Waals surface area (Å²) in [7, 11) is 0. The number of halogens is 1. The van der Waals surface area contributed by atoms with Crippen molar-refractivity contribution in [3.8, 4) is 0 Å². The van der Waals surface area contributed by atoms with Crippen molar-refractivity contribution in [2.24, 2.45) is 5.41 Å². The number of carbonyl (C=O) groups is 3. The van der Waals surface area contributed by atoms with E-state index >= 15 is 0 Å². The van der Waals surface area contributed by atoms with Gasteiger partial charge in [0.25, 0.3) is 5.91 Å². The maximum absolute atomic E-state index is 13.0. The van der Waals surface area contributed by atoms with E-state index in [9.17, 15) is 14.4 Å². The lowest BCUT2D eigenvalue weighted by molar-refractivity contribution is 0.0628. The predicted molar refractivity (Wildman–Crippen MR) is 150 cm³/mol. The molecule has 0 radical (unpaired) electrons. The highest BCUT2D eigenvalue weighted by Gasteiger charge is 2.23. The first kappa shape index (κ1) is 28.7. The summed E-state index contributed by atoms with van der Waals surface area (Å²) < 4.78 is 0. The fourth-order valence-electron chi connectivity index (χ4n) is 4.58. The van der Waals surface area contributed by atoms with Gasteiger partial charge >= 0.3 is 6.03 Å². The summed E-state index contributed by atoms with van der Waals surface area (Å²) in [6.45, 7) is 9.89. The van der Waals surface area contributed by atoms with Crippen LogP contribution >= 0.6 is 12.4 Å². The number of ketones is 1. The third-order valence-corrected chi connectivity index (χ3v) is 6.84. The van der Waals surface area contributed by atoms with Gasteiger partial charge in [0.2, 0.25) is 0 Å². The first-order valence-corrected chi connectivity index (χ1v) is 13.0. The Hall–Kier alpha value is -2.90. The van der Waals surface area contributed by atoms with Crippen LogP contribution in [0, 0.1) is 5.41 Å². The van der Waals surface area contributed by atoms with E-state index < -0.39 is 0 Å². The van der Waals surface area contributed by atoms with Crippen molar-refractivity contribution in [3.63, 3.8) is 0 Å². The van der Waals surface area contributed by atoms with Gasteiger partial charge in [-0.25, -0.2) is 4.79 Å². The fraction of sp³-hybridized carbons (Fsp3) is 0.483. The quantitative estimate of drug-likeness (QED) is 0.476. The number of nitrogens with one attached hydrogen (secondary N) is 2. The molecule has 1 saturated heterocycles. The number of benzene rings is 2. The van der Waals surface area contributed by atoms with Gasteiger partial charge in [-0.1, -0.05) is 39.0 Å². The Bertz CT molecular complexity index is 1090. The Morgan fingerprint density at radius 3 is 2.19 bits per heavy atom. The highest BCUT2D eigenvalue weighted by molar-refractivity contribution is 5.97. The minimum Gasteiger partial charge on any atom is -0.336 e. The van der Waals surface area contributed by atoms with E-state index in [-0.39, 0.29) is 41.6 Å². The molecular formula is C29H39ClN4O3. The van der Waals surface area contributed by atoms with Crippen LogP contribution in [0.2, 0.25) is 0 Å². The zero-order chi connectivity index (χ0) is 25.7. The lowest BCUT2D eigenvalue weighted by Gasteiger charge is -2.35. The normalized spacial score (nSPS) is 16.4. The second-order valence-electron chi connectivity index (χ2n) is 11.2. The molecule has 1 saturated carbocycles. The Morgan fingerprint density at radius 2 is 1.59 bits per heavy atom. The van der Waals surface area contributed by atoms with Crippen molar-refractivity contribution in [2.45, 2.75) is 59.0 Å². The van der Waals surface area contributed by atoms with Crippen molar-refractivity contribution in [1.82, 2.24) is 15.1 Å². The number of anilines is 1. The molecule has 1 aliphatic carbocycles. The van der Waals surface area contributed by atoms with E-state index in [0.717, 1.165) is 43.6 Å². The van der Waals surface area contributed by atoms with Crippen molar-refractivity contribution in [3.05, 3.63) is 65.2 Å². The minimum absolute atomic E-state index is 0. The monoisotopic (exact) mass is 526 g/mol. The lowest BCUT2D eigenvalue weighted by Crippen LogP contribution is -2.48. The zero-order valence-corrected chi connectivity index (χ0v) is 22.9. The van der Waals surface area contributed by atoms with Gasteiger partial charge in [-0.3, -0.25) is 14.5 Å². The number of Topliss-reactive ketones (excluding diaryl/α,β-unsaturated/α-hetero) is 1. The number of carbonyl (C=O) groups excluding carboxylic acids is 3. The van der Waals surface area contributed by atoms with Crippen LogP contribution in [0.15, 0.2) is 48.5 Å². The molecule has 0 atom stereocenters. The van der Waals surface area contributed by atoms with Gasteiger partial charge in [0, 0.05) is 62.0 Å². The summed E-state index contributed by atoms with van der Waals surface area (Å²) in [6.07, 6.45) is 3.78. The number of nitrogens with zero attached hydrogens (tertiary/aromatic N) is 2. The average Bonchev–Trinajstić information content (AvgIpc) is 2.81. The number of piperazine rings is 1.